The van der Waals surface area contributed by atoms with Crippen molar-refractivity contribution >= 4 is 0 Å². The van der Waals surface area contributed by atoms with E-state index in [1.54, 1.807) is 0 Å². The van der Waals surface area contributed by atoms with Crippen LogP contribution in [0, 0.1) is 11.8 Å². The topological polar surface area (TPSA) is 3.24 Å². The van der Waals surface area contributed by atoms with Crippen LogP contribution in [0.4, 0.5) is 4.39 Å². The second kappa shape index (κ2) is 4.80. The first-order valence-corrected chi connectivity index (χ1v) is 5.02. The minimum atomic E-state index is -0.166. The van der Waals surface area contributed by atoms with E-state index in [2.05, 4.69) is 18.7 Å². The lowest BCUT2D eigenvalue weighted by Gasteiger charge is -2.35. The van der Waals surface area contributed by atoms with Gasteiger partial charge in [0.2, 0.25) is 0 Å². The lowest BCUT2D eigenvalue weighted by molar-refractivity contribution is 0.134. The minimum absolute atomic E-state index is 0.166. The minimum Gasteiger partial charge on any atom is -0.303 e. The molecule has 0 saturated carbocycles. The van der Waals surface area contributed by atoms with Crippen molar-refractivity contribution in [3.8, 4) is 0 Å². The maximum Gasteiger partial charge on any atom is 0.0906 e. The van der Waals surface area contributed by atoms with Gasteiger partial charge in [0.15, 0.2) is 0 Å². The number of halogens is 1. The molecule has 0 radical (unpaired) electrons. The Kier molecular flexibility index (Phi) is 3.99. The quantitative estimate of drug-likeness (QED) is 0.633. The molecule has 0 aliphatic carbocycles. The fraction of sp³-hybridized carbons (Fsp3) is 1.00. The van der Waals surface area contributed by atoms with E-state index in [0.29, 0.717) is 6.42 Å². The standard InChI is InChI=1S/C10H20FN/c1-9-4-7-12(6-3-5-11)8-10(9)2/h9-10H,3-8H2,1-2H3. The van der Waals surface area contributed by atoms with Crippen molar-refractivity contribution in [1.82, 2.24) is 4.90 Å². The van der Waals surface area contributed by atoms with Crippen molar-refractivity contribution in [2.75, 3.05) is 26.3 Å². The van der Waals surface area contributed by atoms with Crippen molar-refractivity contribution in [2.24, 2.45) is 11.8 Å². The third-order valence-electron chi connectivity index (χ3n) is 3.03. The highest BCUT2D eigenvalue weighted by atomic mass is 19.1. The predicted molar refractivity (Wildman–Crippen MR) is 50.0 cm³/mol. The van der Waals surface area contributed by atoms with Crippen LogP contribution in [0.15, 0.2) is 0 Å². The monoisotopic (exact) mass is 173 g/mol. The zero-order valence-corrected chi connectivity index (χ0v) is 8.22. The molecule has 1 fully saturated rings. The Hall–Kier alpha value is -0.110. The van der Waals surface area contributed by atoms with Gasteiger partial charge in [0.1, 0.15) is 0 Å². The Morgan fingerprint density at radius 3 is 2.67 bits per heavy atom. The molecule has 0 bridgehead atoms. The van der Waals surface area contributed by atoms with Crippen LogP contribution in [0.2, 0.25) is 0 Å². The van der Waals surface area contributed by atoms with Crippen molar-refractivity contribution in [1.29, 1.82) is 0 Å². The van der Waals surface area contributed by atoms with Gasteiger partial charge in [-0.3, -0.25) is 4.39 Å². The van der Waals surface area contributed by atoms with E-state index in [0.717, 1.165) is 18.4 Å². The summed E-state index contributed by atoms with van der Waals surface area (Å²) in [7, 11) is 0. The van der Waals surface area contributed by atoms with Gasteiger partial charge in [-0.2, -0.15) is 0 Å². The summed E-state index contributed by atoms with van der Waals surface area (Å²) in [6, 6.07) is 0. The number of hydrogen-bond acceptors (Lipinski definition) is 1. The number of piperidine rings is 1. The molecule has 1 rings (SSSR count). The molecule has 0 aromatic carbocycles. The molecular weight excluding hydrogens is 153 g/mol. The highest BCUT2D eigenvalue weighted by Crippen LogP contribution is 2.22. The fourth-order valence-corrected chi connectivity index (χ4v) is 1.84. The largest absolute Gasteiger partial charge is 0.303 e. The van der Waals surface area contributed by atoms with Gasteiger partial charge in [0, 0.05) is 13.1 Å². The Morgan fingerprint density at radius 1 is 1.33 bits per heavy atom. The summed E-state index contributed by atoms with van der Waals surface area (Å²) in [5.74, 6) is 1.64. The van der Waals surface area contributed by atoms with E-state index in [9.17, 15) is 4.39 Å². The maximum absolute atomic E-state index is 11.9. The molecule has 1 heterocycles. The summed E-state index contributed by atoms with van der Waals surface area (Å²) in [6.45, 7) is 7.74. The first-order chi connectivity index (χ1) is 5.74. The number of nitrogens with zero attached hydrogens (tertiary/aromatic N) is 1. The summed E-state index contributed by atoms with van der Waals surface area (Å²) in [4.78, 5) is 2.39. The van der Waals surface area contributed by atoms with Gasteiger partial charge in [-0.05, 0) is 31.2 Å². The average molecular weight is 173 g/mol. The van der Waals surface area contributed by atoms with Crippen molar-refractivity contribution in [2.45, 2.75) is 26.7 Å². The fourth-order valence-electron chi connectivity index (χ4n) is 1.84. The van der Waals surface area contributed by atoms with Crippen LogP contribution in [0.3, 0.4) is 0 Å². The second-order valence-electron chi connectivity index (χ2n) is 4.09. The molecule has 1 aliphatic heterocycles. The van der Waals surface area contributed by atoms with Crippen LogP contribution >= 0.6 is 0 Å². The third-order valence-corrected chi connectivity index (χ3v) is 3.03. The summed E-state index contributed by atoms with van der Waals surface area (Å²) in [6.07, 6.45) is 1.99. The Bertz CT molecular complexity index is 125. The molecule has 72 valence electrons. The van der Waals surface area contributed by atoms with Gasteiger partial charge in [-0.25, -0.2) is 0 Å². The molecule has 2 heteroatoms. The number of rotatable bonds is 3. The van der Waals surface area contributed by atoms with E-state index in [1.807, 2.05) is 0 Å². The van der Waals surface area contributed by atoms with Crippen molar-refractivity contribution < 1.29 is 4.39 Å². The van der Waals surface area contributed by atoms with E-state index in [1.165, 1.54) is 19.5 Å². The summed E-state index contributed by atoms with van der Waals surface area (Å²) in [5.41, 5.74) is 0. The smallest absolute Gasteiger partial charge is 0.0906 e. The van der Waals surface area contributed by atoms with Crippen LogP contribution < -0.4 is 0 Å². The van der Waals surface area contributed by atoms with Crippen LogP contribution in [-0.2, 0) is 0 Å². The van der Waals surface area contributed by atoms with Gasteiger partial charge in [0.05, 0.1) is 6.67 Å². The molecule has 1 saturated heterocycles. The lowest BCUT2D eigenvalue weighted by atomic mass is 9.89. The Labute approximate surface area is 74.9 Å². The molecule has 1 aliphatic rings. The molecule has 1 nitrogen and oxygen atoms in total. The molecule has 0 aromatic heterocycles. The number of alkyl halides is 1. The Balaban J connectivity index is 2.21. The van der Waals surface area contributed by atoms with Gasteiger partial charge in [0.25, 0.3) is 0 Å². The molecule has 2 unspecified atom stereocenters. The number of hydrogen-bond donors (Lipinski definition) is 0. The van der Waals surface area contributed by atoms with Crippen molar-refractivity contribution in [3.63, 3.8) is 0 Å². The molecule has 2 atom stereocenters. The van der Waals surface area contributed by atoms with Crippen molar-refractivity contribution in [3.05, 3.63) is 0 Å². The summed E-state index contributed by atoms with van der Waals surface area (Å²) in [5, 5.41) is 0. The summed E-state index contributed by atoms with van der Waals surface area (Å²) >= 11 is 0. The Morgan fingerprint density at radius 2 is 2.08 bits per heavy atom. The van der Waals surface area contributed by atoms with Gasteiger partial charge < -0.3 is 4.90 Å². The first kappa shape index (κ1) is 9.97. The highest BCUT2D eigenvalue weighted by Gasteiger charge is 2.21. The predicted octanol–water partition coefficient (Wildman–Crippen LogP) is 2.32. The average Bonchev–Trinajstić information content (AvgIpc) is 2.07. The van der Waals surface area contributed by atoms with Gasteiger partial charge in [-0.1, -0.05) is 13.8 Å². The second-order valence-corrected chi connectivity index (χ2v) is 4.09. The van der Waals surface area contributed by atoms with E-state index >= 15 is 0 Å². The highest BCUT2D eigenvalue weighted by molar-refractivity contribution is 4.74. The van der Waals surface area contributed by atoms with Crippen LogP contribution in [0.1, 0.15) is 26.7 Å². The molecule has 0 aromatic rings. The van der Waals surface area contributed by atoms with Gasteiger partial charge in [-0.15, -0.1) is 0 Å². The molecular formula is C10H20FN. The third kappa shape index (κ3) is 2.74. The summed E-state index contributed by atoms with van der Waals surface area (Å²) < 4.78 is 11.9. The zero-order valence-electron chi connectivity index (χ0n) is 8.22. The zero-order chi connectivity index (χ0) is 8.97. The van der Waals surface area contributed by atoms with Crippen LogP contribution in [0.5, 0.6) is 0 Å². The SMILES string of the molecule is CC1CCN(CCCF)CC1C. The lowest BCUT2D eigenvalue weighted by Crippen LogP contribution is -2.38. The molecule has 0 amide bonds. The molecule has 12 heavy (non-hydrogen) atoms. The molecule has 0 N–H and O–H groups in total. The van der Waals surface area contributed by atoms with Crippen LogP contribution in [-0.4, -0.2) is 31.2 Å². The van der Waals surface area contributed by atoms with Gasteiger partial charge >= 0.3 is 0 Å². The van der Waals surface area contributed by atoms with E-state index in [-0.39, 0.29) is 6.67 Å². The van der Waals surface area contributed by atoms with E-state index < -0.39 is 0 Å². The molecule has 0 spiro atoms. The van der Waals surface area contributed by atoms with Crippen LogP contribution in [0.25, 0.3) is 0 Å². The maximum atomic E-state index is 11.9. The van der Waals surface area contributed by atoms with E-state index in [4.69, 9.17) is 0 Å². The number of likely N-dealkylation sites (tertiary alicyclic amines) is 1. The normalized spacial score (nSPS) is 32.2. The first-order valence-electron chi connectivity index (χ1n) is 5.02.